The lowest BCUT2D eigenvalue weighted by Crippen LogP contribution is -2.33. The van der Waals surface area contributed by atoms with Crippen LogP contribution in [-0.4, -0.2) is 28.5 Å². The first kappa shape index (κ1) is 15.8. The first-order valence-electron chi connectivity index (χ1n) is 5.42. The molecule has 1 rings (SSSR count). The van der Waals surface area contributed by atoms with Gasteiger partial charge in [-0.25, -0.2) is 0 Å². The predicted molar refractivity (Wildman–Crippen MR) is 63.0 cm³/mol. The average Bonchev–Trinajstić information content (AvgIpc) is 2.29. The molecule has 0 saturated heterocycles. The van der Waals surface area contributed by atoms with E-state index in [1.807, 2.05) is 0 Å². The second-order valence-corrected chi connectivity index (χ2v) is 4.60. The number of carbonyl (C=O) groups is 1. The van der Waals surface area contributed by atoms with Gasteiger partial charge in [0.1, 0.15) is 0 Å². The van der Waals surface area contributed by atoms with Crippen molar-refractivity contribution < 1.29 is 28.2 Å². The molecule has 0 fully saturated rings. The topological polar surface area (TPSA) is 57.5 Å². The predicted octanol–water partition coefficient (Wildman–Crippen LogP) is 2.90. The second kappa shape index (κ2) is 6.25. The zero-order valence-corrected chi connectivity index (χ0v) is 10.4. The fourth-order valence-corrected chi connectivity index (χ4v) is 1.71. The van der Waals surface area contributed by atoms with Gasteiger partial charge in [-0.15, -0.1) is 0 Å². The van der Waals surface area contributed by atoms with Crippen LogP contribution in [0.15, 0.2) is 24.3 Å². The van der Waals surface area contributed by atoms with Gasteiger partial charge in [0.25, 0.3) is 0 Å². The molecule has 0 amide bonds. The van der Waals surface area contributed by atoms with Crippen LogP contribution in [0.2, 0.25) is 5.02 Å². The quantitative estimate of drug-likeness (QED) is 0.878. The summed E-state index contributed by atoms with van der Waals surface area (Å²) < 4.78 is 36.6. The summed E-state index contributed by atoms with van der Waals surface area (Å²) in [7, 11) is 0. The zero-order valence-electron chi connectivity index (χ0n) is 9.69. The molecule has 0 aromatic heterocycles. The van der Waals surface area contributed by atoms with Gasteiger partial charge in [0, 0.05) is 5.02 Å². The molecule has 0 heterocycles. The normalized spacial score (nSPS) is 15.0. The highest BCUT2D eigenvalue weighted by atomic mass is 35.5. The van der Waals surface area contributed by atoms with Crippen LogP contribution in [-0.2, 0) is 11.2 Å². The summed E-state index contributed by atoms with van der Waals surface area (Å²) in [6, 6.07) is 6.13. The summed E-state index contributed by atoms with van der Waals surface area (Å²) >= 11 is 5.65. The molecule has 2 atom stereocenters. The van der Waals surface area contributed by atoms with Crippen molar-refractivity contribution >= 4 is 17.6 Å². The average molecular weight is 297 g/mol. The monoisotopic (exact) mass is 296 g/mol. The van der Waals surface area contributed by atoms with Crippen molar-refractivity contribution in [1.82, 2.24) is 0 Å². The van der Waals surface area contributed by atoms with Gasteiger partial charge in [0.15, 0.2) is 6.10 Å². The Hall–Kier alpha value is -1.27. The lowest BCUT2D eigenvalue weighted by atomic mass is 9.93. The van der Waals surface area contributed by atoms with Crippen LogP contribution in [0.1, 0.15) is 12.0 Å². The minimum atomic E-state index is -4.81. The molecule has 0 aliphatic rings. The summed E-state index contributed by atoms with van der Waals surface area (Å²) in [4.78, 5) is 10.9. The molecule has 106 valence electrons. The number of rotatable bonds is 5. The van der Waals surface area contributed by atoms with E-state index < -0.39 is 30.6 Å². The first-order chi connectivity index (χ1) is 8.70. The minimum absolute atomic E-state index is 0.0976. The van der Waals surface area contributed by atoms with Gasteiger partial charge >= 0.3 is 12.1 Å². The Morgan fingerprint density at radius 1 is 1.26 bits per heavy atom. The standard InChI is InChI=1S/C12H12ClF3O3/c13-9-3-1-7(2-4-9)5-8(11(18)19)6-10(17)12(14,15)16/h1-4,8,10,17H,5-6H2,(H,18,19). The van der Waals surface area contributed by atoms with E-state index in [1.165, 1.54) is 24.3 Å². The van der Waals surface area contributed by atoms with E-state index in [9.17, 15) is 18.0 Å². The van der Waals surface area contributed by atoms with E-state index in [0.29, 0.717) is 10.6 Å². The van der Waals surface area contributed by atoms with Crippen LogP contribution in [0, 0.1) is 5.92 Å². The number of aliphatic hydroxyl groups excluding tert-OH is 1. The molecule has 0 aliphatic carbocycles. The fourth-order valence-electron chi connectivity index (χ4n) is 1.58. The number of aliphatic hydroxyl groups is 1. The Morgan fingerprint density at radius 2 is 1.79 bits per heavy atom. The Bertz CT molecular complexity index is 431. The Kier molecular flexibility index (Phi) is 5.20. The van der Waals surface area contributed by atoms with Crippen molar-refractivity contribution in [2.45, 2.75) is 25.1 Å². The Morgan fingerprint density at radius 3 is 2.21 bits per heavy atom. The van der Waals surface area contributed by atoms with Crippen molar-refractivity contribution in [3.05, 3.63) is 34.9 Å². The minimum Gasteiger partial charge on any atom is -0.481 e. The highest BCUT2D eigenvalue weighted by Gasteiger charge is 2.40. The zero-order chi connectivity index (χ0) is 14.6. The molecular weight excluding hydrogens is 285 g/mol. The molecule has 1 aromatic carbocycles. The molecule has 0 aliphatic heterocycles. The molecule has 7 heteroatoms. The molecule has 19 heavy (non-hydrogen) atoms. The third kappa shape index (κ3) is 5.08. The van der Waals surface area contributed by atoms with Crippen LogP contribution in [0.4, 0.5) is 13.2 Å². The van der Waals surface area contributed by atoms with E-state index in [-0.39, 0.29) is 6.42 Å². The maximum atomic E-state index is 12.2. The third-order valence-corrected chi connectivity index (χ3v) is 2.88. The molecule has 0 bridgehead atoms. The number of aliphatic carboxylic acids is 1. The maximum Gasteiger partial charge on any atom is 0.414 e. The number of alkyl halides is 3. The number of halogens is 4. The largest absolute Gasteiger partial charge is 0.481 e. The summed E-state index contributed by atoms with van der Waals surface area (Å²) in [5, 5.41) is 18.3. The van der Waals surface area contributed by atoms with Crippen molar-refractivity contribution in [2.75, 3.05) is 0 Å². The summed E-state index contributed by atoms with van der Waals surface area (Å²) in [5.41, 5.74) is 0.547. The molecule has 2 N–H and O–H groups in total. The Balaban J connectivity index is 2.74. The highest BCUT2D eigenvalue weighted by Crippen LogP contribution is 2.26. The summed E-state index contributed by atoms with van der Waals surface area (Å²) in [6.45, 7) is 0. The molecule has 1 aromatic rings. The van der Waals surface area contributed by atoms with Crippen LogP contribution in [0.25, 0.3) is 0 Å². The highest BCUT2D eigenvalue weighted by molar-refractivity contribution is 6.30. The lowest BCUT2D eigenvalue weighted by molar-refractivity contribution is -0.209. The second-order valence-electron chi connectivity index (χ2n) is 4.16. The SMILES string of the molecule is O=C(O)C(Cc1ccc(Cl)cc1)CC(O)C(F)(F)F. The maximum absolute atomic E-state index is 12.2. The fraction of sp³-hybridized carbons (Fsp3) is 0.417. The molecule has 0 spiro atoms. The smallest absolute Gasteiger partial charge is 0.414 e. The van der Waals surface area contributed by atoms with E-state index in [0.717, 1.165) is 0 Å². The van der Waals surface area contributed by atoms with Crippen molar-refractivity contribution in [1.29, 1.82) is 0 Å². The summed E-state index contributed by atoms with van der Waals surface area (Å²) in [6.07, 6.45) is -8.42. The Labute approximate surface area is 112 Å². The first-order valence-corrected chi connectivity index (χ1v) is 5.80. The van der Waals surface area contributed by atoms with E-state index in [2.05, 4.69) is 0 Å². The number of hydrogen-bond acceptors (Lipinski definition) is 2. The molecular formula is C12H12ClF3O3. The molecule has 0 radical (unpaired) electrons. The molecule has 3 nitrogen and oxygen atoms in total. The van der Waals surface area contributed by atoms with Gasteiger partial charge in [-0.2, -0.15) is 13.2 Å². The summed E-state index contributed by atoms with van der Waals surface area (Å²) in [5.74, 6) is -2.68. The number of carboxylic acids is 1. The van der Waals surface area contributed by atoms with Crippen LogP contribution in [0.3, 0.4) is 0 Å². The van der Waals surface area contributed by atoms with Gasteiger partial charge in [-0.3, -0.25) is 4.79 Å². The van der Waals surface area contributed by atoms with Gasteiger partial charge in [-0.1, -0.05) is 23.7 Å². The van der Waals surface area contributed by atoms with Gasteiger partial charge in [-0.05, 0) is 30.5 Å². The van der Waals surface area contributed by atoms with Crippen LogP contribution >= 0.6 is 11.6 Å². The van der Waals surface area contributed by atoms with Gasteiger partial charge in [0.2, 0.25) is 0 Å². The van der Waals surface area contributed by atoms with E-state index in [1.54, 1.807) is 0 Å². The number of hydrogen-bond donors (Lipinski definition) is 2. The number of benzene rings is 1. The number of carboxylic acid groups (broad SMARTS) is 1. The van der Waals surface area contributed by atoms with Gasteiger partial charge in [0.05, 0.1) is 5.92 Å². The van der Waals surface area contributed by atoms with Crippen molar-refractivity contribution in [2.24, 2.45) is 5.92 Å². The van der Waals surface area contributed by atoms with Crippen molar-refractivity contribution in [3.63, 3.8) is 0 Å². The van der Waals surface area contributed by atoms with Crippen LogP contribution in [0.5, 0.6) is 0 Å². The van der Waals surface area contributed by atoms with E-state index in [4.69, 9.17) is 21.8 Å². The molecule has 0 saturated carbocycles. The molecule has 2 unspecified atom stereocenters. The van der Waals surface area contributed by atoms with E-state index >= 15 is 0 Å². The van der Waals surface area contributed by atoms with Crippen LogP contribution < -0.4 is 0 Å². The van der Waals surface area contributed by atoms with Gasteiger partial charge < -0.3 is 10.2 Å². The lowest BCUT2D eigenvalue weighted by Gasteiger charge is -2.19. The third-order valence-electron chi connectivity index (χ3n) is 2.63. The van der Waals surface area contributed by atoms with Crippen molar-refractivity contribution in [3.8, 4) is 0 Å².